The molecule has 0 fully saturated rings. The minimum absolute atomic E-state index is 0.255. The van der Waals surface area contributed by atoms with Crippen LogP contribution in [0.4, 0.5) is 0 Å². The topological polar surface area (TPSA) is 32.3 Å². The molecule has 100 valence electrons. The molecule has 1 aromatic rings. The first-order valence-electron chi connectivity index (χ1n) is 6.44. The lowest BCUT2D eigenvalue weighted by Crippen LogP contribution is -2.25. The van der Waals surface area contributed by atoms with Gasteiger partial charge in [-0.3, -0.25) is 0 Å². The van der Waals surface area contributed by atoms with Crippen molar-refractivity contribution < 1.29 is 5.11 Å². The molecule has 2 nitrogen and oxygen atoms in total. The zero-order chi connectivity index (χ0) is 13.1. The van der Waals surface area contributed by atoms with Crippen LogP contribution in [0.1, 0.15) is 36.9 Å². The van der Waals surface area contributed by atoms with E-state index in [2.05, 4.69) is 18.3 Å². The molecular formula is C14H19Cl2NO. The van der Waals surface area contributed by atoms with Crippen molar-refractivity contribution in [1.29, 1.82) is 0 Å². The molecule has 2 atom stereocenters. The van der Waals surface area contributed by atoms with Crippen molar-refractivity contribution in [1.82, 2.24) is 5.32 Å². The Morgan fingerprint density at radius 3 is 2.94 bits per heavy atom. The van der Waals surface area contributed by atoms with Gasteiger partial charge in [-0.05, 0) is 48.9 Å². The lowest BCUT2D eigenvalue weighted by molar-refractivity contribution is 0.257. The van der Waals surface area contributed by atoms with E-state index in [0.29, 0.717) is 22.0 Å². The Bertz CT molecular complexity index is 423. The zero-order valence-corrected chi connectivity index (χ0v) is 12.1. The third-order valence-corrected chi connectivity index (χ3v) is 4.47. The van der Waals surface area contributed by atoms with Gasteiger partial charge in [-0.25, -0.2) is 0 Å². The quantitative estimate of drug-likeness (QED) is 0.868. The minimum Gasteiger partial charge on any atom is -0.396 e. The molecule has 2 N–H and O–H groups in total. The first kappa shape index (κ1) is 14.1. The normalized spacial score (nSPS) is 19.9. The highest BCUT2D eigenvalue weighted by atomic mass is 35.5. The number of fused-ring (bicyclic) bond motifs is 1. The minimum atomic E-state index is 0.255. The van der Waals surface area contributed by atoms with Crippen molar-refractivity contribution in [2.45, 2.75) is 32.2 Å². The standard InChI is InChI=1S/C14H19Cl2NO/c1-9(6-7-18)8-17-13-5-3-11-10(13)2-4-12(15)14(11)16/h2,4,9,13,17-18H,3,5-8H2,1H3. The predicted octanol–water partition coefficient (Wildman–Crippen LogP) is 3.59. The summed E-state index contributed by atoms with van der Waals surface area (Å²) in [5, 5.41) is 13.8. The molecule has 0 bridgehead atoms. The van der Waals surface area contributed by atoms with E-state index in [1.54, 1.807) is 0 Å². The summed E-state index contributed by atoms with van der Waals surface area (Å²) in [5.41, 5.74) is 2.47. The van der Waals surface area contributed by atoms with Gasteiger partial charge in [0.25, 0.3) is 0 Å². The van der Waals surface area contributed by atoms with Gasteiger partial charge in [0.05, 0.1) is 10.0 Å². The largest absolute Gasteiger partial charge is 0.396 e. The molecule has 0 radical (unpaired) electrons. The van der Waals surface area contributed by atoms with Crippen molar-refractivity contribution in [3.8, 4) is 0 Å². The summed E-state index contributed by atoms with van der Waals surface area (Å²) in [6.45, 7) is 3.32. The third-order valence-electron chi connectivity index (χ3n) is 3.63. The van der Waals surface area contributed by atoms with Crippen LogP contribution >= 0.6 is 23.2 Å². The Morgan fingerprint density at radius 2 is 2.22 bits per heavy atom. The van der Waals surface area contributed by atoms with Gasteiger partial charge in [0.15, 0.2) is 0 Å². The number of benzene rings is 1. The maximum Gasteiger partial charge on any atom is 0.0627 e. The van der Waals surface area contributed by atoms with Crippen molar-refractivity contribution in [2.75, 3.05) is 13.2 Å². The fourth-order valence-corrected chi connectivity index (χ4v) is 2.95. The first-order valence-corrected chi connectivity index (χ1v) is 7.20. The summed E-state index contributed by atoms with van der Waals surface area (Å²) in [7, 11) is 0. The van der Waals surface area contributed by atoms with Gasteiger partial charge in [0.2, 0.25) is 0 Å². The number of aliphatic hydroxyl groups excluding tert-OH is 1. The Morgan fingerprint density at radius 1 is 1.44 bits per heavy atom. The average molecular weight is 288 g/mol. The average Bonchev–Trinajstić information content (AvgIpc) is 2.75. The second kappa shape index (κ2) is 6.25. The van der Waals surface area contributed by atoms with Crippen LogP contribution in [0.5, 0.6) is 0 Å². The van der Waals surface area contributed by atoms with Crippen LogP contribution < -0.4 is 5.32 Å². The Kier molecular flexibility index (Phi) is 4.91. The highest BCUT2D eigenvalue weighted by Crippen LogP contribution is 2.39. The van der Waals surface area contributed by atoms with Crippen molar-refractivity contribution in [3.05, 3.63) is 33.3 Å². The molecule has 1 aliphatic carbocycles. The van der Waals surface area contributed by atoms with Crippen LogP contribution in [-0.4, -0.2) is 18.3 Å². The third kappa shape index (κ3) is 3.00. The molecule has 0 aromatic heterocycles. The molecule has 0 heterocycles. The fourth-order valence-electron chi connectivity index (χ4n) is 2.51. The number of rotatable bonds is 5. The van der Waals surface area contributed by atoms with Gasteiger partial charge in [-0.1, -0.05) is 36.2 Å². The van der Waals surface area contributed by atoms with E-state index < -0.39 is 0 Å². The van der Waals surface area contributed by atoms with E-state index in [-0.39, 0.29) is 6.61 Å². The summed E-state index contributed by atoms with van der Waals surface area (Å²) in [6.07, 6.45) is 2.90. The number of hydrogen-bond acceptors (Lipinski definition) is 2. The van der Waals surface area contributed by atoms with E-state index in [1.165, 1.54) is 11.1 Å². The maximum absolute atomic E-state index is 8.89. The number of halogens is 2. The first-order chi connectivity index (χ1) is 8.63. The van der Waals surface area contributed by atoms with E-state index in [9.17, 15) is 0 Å². The molecule has 1 aromatic carbocycles. The van der Waals surface area contributed by atoms with E-state index >= 15 is 0 Å². The summed E-state index contributed by atoms with van der Waals surface area (Å²) in [5.74, 6) is 0.488. The molecule has 2 unspecified atom stereocenters. The Hall–Kier alpha value is -0.280. The molecular weight excluding hydrogens is 269 g/mol. The van der Waals surface area contributed by atoms with Crippen molar-refractivity contribution in [3.63, 3.8) is 0 Å². The van der Waals surface area contributed by atoms with Crippen LogP contribution in [0, 0.1) is 5.92 Å². The van der Waals surface area contributed by atoms with Crippen LogP contribution in [0.25, 0.3) is 0 Å². The van der Waals surface area contributed by atoms with Crippen LogP contribution in [-0.2, 0) is 6.42 Å². The molecule has 0 saturated heterocycles. The van der Waals surface area contributed by atoms with Crippen molar-refractivity contribution in [2.24, 2.45) is 5.92 Å². The van der Waals surface area contributed by atoms with Crippen LogP contribution in [0.15, 0.2) is 12.1 Å². The van der Waals surface area contributed by atoms with E-state index in [4.69, 9.17) is 28.3 Å². The highest BCUT2D eigenvalue weighted by molar-refractivity contribution is 6.42. The highest BCUT2D eigenvalue weighted by Gasteiger charge is 2.25. The lowest BCUT2D eigenvalue weighted by atomic mass is 10.1. The lowest BCUT2D eigenvalue weighted by Gasteiger charge is -2.17. The van der Waals surface area contributed by atoms with E-state index in [1.807, 2.05) is 6.07 Å². The molecule has 4 heteroatoms. The molecule has 0 amide bonds. The number of aliphatic hydroxyl groups is 1. The summed E-state index contributed by atoms with van der Waals surface area (Å²) < 4.78 is 0. The number of nitrogens with one attached hydrogen (secondary N) is 1. The Balaban J connectivity index is 2.01. The van der Waals surface area contributed by atoms with Gasteiger partial charge in [0, 0.05) is 12.6 Å². The van der Waals surface area contributed by atoms with Gasteiger partial charge in [-0.2, -0.15) is 0 Å². The SMILES string of the molecule is CC(CCO)CNC1CCc2c1ccc(Cl)c2Cl. The summed E-state index contributed by atoms with van der Waals surface area (Å²) >= 11 is 12.3. The maximum atomic E-state index is 8.89. The molecule has 0 saturated carbocycles. The Labute approximate surface area is 118 Å². The predicted molar refractivity (Wildman–Crippen MR) is 76.4 cm³/mol. The molecule has 2 rings (SSSR count). The summed E-state index contributed by atoms with van der Waals surface area (Å²) in [4.78, 5) is 0. The molecule has 1 aliphatic rings. The molecule has 0 aliphatic heterocycles. The van der Waals surface area contributed by atoms with Crippen LogP contribution in [0.2, 0.25) is 10.0 Å². The van der Waals surface area contributed by atoms with E-state index in [0.717, 1.165) is 25.8 Å². The molecule has 18 heavy (non-hydrogen) atoms. The summed E-state index contributed by atoms with van der Waals surface area (Å²) in [6, 6.07) is 4.32. The van der Waals surface area contributed by atoms with Gasteiger partial charge in [0.1, 0.15) is 0 Å². The van der Waals surface area contributed by atoms with Gasteiger partial charge < -0.3 is 10.4 Å². The smallest absolute Gasteiger partial charge is 0.0627 e. The zero-order valence-electron chi connectivity index (χ0n) is 10.5. The van der Waals surface area contributed by atoms with Crippen LogP contribution in [0.3, 0.4) is 0 Å². The molecule has 0 spiro atoms. The van der Waals surface area contributed by atoms with Gasteiger partial charge >= 0.3 is 0 Å². The fraction of sp³-hybridized carbons (Fsp3) is 0.571. The van der Waals surface area contributed by atoms with Gasteiger partial charge in [-0.15, -0.1) is 0 Å². The number of hydrogen-bond donors (Lipinski definition) is 2. The second-order valence-electron chi connectivity index (χ2n) is 5.05. The monoisotopic (exact) mass is 287 g/mol. The second-order valence-corrected chi connectivity index (χ2v) is 5.83. The van der Waals surface area contributed by atoms with Crippen molar-refractivity contribution >= 4 is 23.2 Å².